The first-order valence-electron chi connectivity index (χ1n) is 5.84. The summed E-state index contributed by atoms with van der Waals surface area (Å²) in [7, 11) is 2.08. The first-order valence-corrected chi connectivity index (χ1v) is 6.63. The van der Waals surface area contributed by atoms with Crippen molar-refractivity contribution in [2.45, 2.75) is 25.9 Å². The van der Waals surface area contributed by atoms with E-state index in [2.05, 4.69) is 27.9 Å². The zero-order valence-corrected chi connectivity index (χ0v) is 11.8. The lowest BCUT2D eigenvalue weighted by Crippen LogP contribution is -2.31. The molecule has 1 unspecified atom stereocenters. The minimum Gasteiger partial charge on any atom is -0.507 e. The molecule has 1 atom stereocenters. The van der Waals surface area contributed by atoms with Crippen LogP contribution in [0.25, 0.3) is 0 Å². The van der Waals surface area contributed by atoms with Gasteiger partial charge in [0.25, 0.3) is 0 Å². The van der Waals surface area contributed by atoms with Gasteiger partial charge in [-0.2, -0.15) is 0 Å². The van der Waals surface area contributed by atoms with Crippen LogP contribution in [-0.2, 0) is 11.3 Å². The molecule has 1 aliphatic heterocycles. The maximum absolute atomic E-state index is 10.0. The smallest absolute Gasteiger partial charge is 0.123 e. The van der Waals surface area contributed by atoms with Crippen LogP contribution in [0.4, 0.5) is 0 Å². The topological polar surface area (TPSA) is 32.7 Å². The normalized spacial score (nSPS) is 20.1. The van der Waals surface area contributed by atoms with E-state index >= 15 is 0 Å². The molecule has 1 heterocycles. The first kappa shape index (κ1) is 12.9. The minimum atomic E-state index is 0.402. The third-order valence-electron chi connectivity index (χ3n) is 3.29. The molecule has 1 aromatic carbocycles. The van der Waals surface area contributed by atoms with Gasteiger partial charge in [-0.05, 0) is 38.1 Å². The first-order chi connectivity index (χ1) is 8.08. The molecule has 0 saturated carbocycles. The van der Waals surface area contributed by atoms with Crippen LogP contribution in [0, 0.1) is 6.92 Å². The number of aromatic hydroxyl groups is 1. The maximum atomic E-state index is 10.0. The Kier molecular flexibility index (Phi) is 4.07. The Bertz CT molecular complexity index is 403. The van der Waals surface area contributed by atoms with Gasteiger partial charge in [0.15, 0.2) is 0 Å². The molecule has 1 aromatic rings. The summed E-state index contributed by atoms with van der Waals surface area (Å²) >= 11 is 3.47. The number of hydrogen-bond donors (Lipinski definition) is 1. The number of nitrogens with zero attached hydrogens (tertiary/aromatic N) is 1. The highest BCUT2D eigenvalue weighted by molar-refractivity contribution is 9.10. The van der Waals surface area contributed by atoms with E-state index in [0.29, 0.717) is 11.8 Å². The highest BCUT2D eigenvalue weighted by Crippen LogP contribution is 2.28. The summed E-state index contributed by atoms with van der Waals surface area (Å²) in [6.45, 7) is 4.31. The second-order valence-corrected chi connectivity index (χ2v) is 5.58. The van der Waals surface area contributed by atoms with Crippen molar-refractivity contribution in [3.63, 3.8) is 0 Å². The molecule has 3 nitrogen and oxygen atoms in total. The van der Waals surface area contributed by atoms with Gasteiger partial charge in [-0.3, -0.25) is 4.90 Å². The highest BCUT2D eigenvalue weighted by atomic mass is 79.9. The Hall–Kier alpha value is -0.580. The molecule has 0 bridgehead atoms. The van der Waals surface area contributed by atoms with Gasteiger partial charge in [0, 0.05) is 29.2 Å². The van der Waals surface area contributed by atoms with Crippen molar-refractivity contribution in [2.75, 3.05) is 20.3 Å². The van der Waals surface area contributed by atoms with Crippen LogP contribution in [-0.4, -0.2) is 36.3 Å². The van der Waals surface area contributed by atoms with E-state index in [1.54, 1.807) is 0 Å². The molecule has 17 heavy (non-hydrogen) atoms. The molecule has 1 saturated heterocycles. The molecule has 0 spiro atoms. The van der Waals surface area contributed by atoms with Crippen molar-refractivity contribution >= 4 is 15.9 Å². The van der Waals surface area contributed by atoms with Gasteiger partial charge < -0.3 is 9.84 Å². The summed E-state index contributed by atoms with van der Waals surface area (Å²) in [5, 5.41) is 10.0. The van der Waals surface area contributed by atoms with E-state index in [0.717, 1.165) is 41.8 Å². The number of ether oxygens (including phenoxy) is 1. The van der Waals surface area contributed by atoms with Crippen molar-refractivity contribution in [1.29, 1.82) is 0 Å². The molecule has 0 amide bonds. The molecular formula is C13H18BrNO2. The van der Waals surface area contributed by atoms with Gasteiger partial charge in [0.1, 0.15) is 5.75 Å². The minimum absolute atomic E-state index is 0.402. The summed E-state index contributed by atoms with van der Waals surface area (Å²) in [4.78, 5) is 2.24. The number of likely N-dealkylation sites (N-methyl/N-ethyl adjacent to an activating group) is 1. The van der Waals surface area contributed by atoms with E-state index in [1.165, 1.54) is 0 Å². The molecule has 0 aliphatic carbocycles. The summed E-state index contributed by atoms with van der Waals surface area (Å²) in [6.07, 6.45) is 1.07. The van der Waals surface area contributed by atoms with Gasteiger partial charge in [0.05, 0.1) is 6.61 Å². The molecule has 0 aromatic heterocycles. The van der Waals surface area contributed by atoms with E-state index in [1.807, 2.05) is 19.1 Å². The largest absolute Gasteiger partial charge is 0.507 e. The Morgan fingerprint density at radius 3 is 2.94 bits per heavy atom. The zero-order chi connectivity index (χ0) is 12.4. The predicted molar refractivity (Wildman–Crippen MR) is 71.2 cm³/mol. The monoisotopic (exact) mass is 299 g/mol. The number of aryl methyl sites for hydroxylation is 1. The van der Waals surface area contributed by atoms with Crippen molar-refractivity contribution in [3.8, 4) is 5.75 Å². The second kappa shape index (κ2) is 5.38. The molecule has 1 N–H and O–H groups in total. The molecule has 4 heteroatoms. The number of benzene rings is 1. The van der Waals surface area contributed by atoms with Crippen LogP contribution in [0.3, 0.4) is 0 Å². The van der Waals surface area contributed by atoms with E-state index < -0.39 is 0 Å². The lowest BCUT2D eigenvalue weighted by Gasteiger charge is -2.23. The van der Waals surface area contributed by atoms with Gasteiger partial charge in [-0.25, -0.2) is 0 Å². The van der Waals surface area contributed by atoms with Crippen LogP contribution in [0.1, 0.15) is 17.5 Å². The molecule has 1 fully saturated rings. The quantitative estimate of drug-likeness (QED) is 0.931. The van der Waals surface area contributed by atoms with Crippen LogP contribution in [0.5, 0.6) is 5.75 Å². The van der Waals surface area contributed by atoms with Crippen molar-refractivity contribution in [2.24, 2.45) is 0 Å². The summed E-state index contributed by atoms with van der Waals surface area (Å²) in [6, 6.07) is 4.38. The molecule has 1 aliphatic rings. The average Bonchev–Trinajstić information content (AvgIpc) is 2.78. The average molecular weight is 300 g/mol. The van der Waals surface area contributed by atoms with E-state index in [-0.39, 0.29) is 0 Å². The van der Waals surface area contributed by atoms with Crippen molar-refractivity contribution in [1.82, 2.24) is 4.90 Å². The molecule has 94 valence electrons. The van der Waals surface area contributed by atoms with Gasteiger partial charge >= 0.3 is 0 Å². The second-order valence-electron chi connectivity index (χ2n) is 4.66. The SMILES string of the molecule is Cc1cc(Br)cc(CN(C)C2CCOC2)c1O. The van der Waals surface area contributed by atoms with E-state index in [9.17, 15) is 5.11 Å². The number of halogens is 1. The zero-order valence-electron chi connectivity index (χ0n) is 10.2. The number of hydrogen-bond acceptors (Lipinski definition) is 3. The summed E-state index contributed by atoms with van der Waals surface area (Å²) in [5.41, 5.74) is 1.87. The Morgan fingerprint density at radius 1 is 1.53 bits per heavy atom. The number of phenolic OH excluding ortho intramolecular Hbond substituents is 1. The summed E-state index contributed by atoms with van der Waals surface area (Å²) < 4.78 is 6.39. The number of phenols is 1. The number of rotatable bonds is 3. The van der Waals surface area contributed by atoms with Gasteiger partial charge in [-0.15, -0.1) is 0 Å². The Morgan fingerprint density at radius 2 is 2.29 bits per heavy atom. The van der Waals surface area contributed by atoms with Gasteiger partial charge in [0.2, 0.25) is 0 Å². The molecule has 0 radical (unpaired) electrons. The fourth-order valence-corrected chi connectivity index (χ4v) is 2.81. The Labute approximate surface area is 111 Å². The fourth-order valence-electron chi connectivity index (χ4n) is 2.19. The van der Waals surface area contributed by atoms with Crippen LogP contribution < -0.4 is 0 Å². The van der Waals surface area contributed by atoms with Crippen LogP contribution in [0.15, 0.2) is 16.6 Å². The maximum Gasteiger partial charge on any atom is 0.123 e. The van der Waals surface area contributed by atoms with Crippen LogP contribution in [0.2, 0.25) is 0 Å². The predicted octanol–water partition coefficient (Wildman–Crippen LogP) is 2.68. The lowest BCUT2D eigenvalue weighted by atomic mass is 10.1. The third-order valence-corrected chi connectivity index (χ3v) is 3.75. The lowest BCUT2D eigenvalue weighted by molar-refractivity contribution is 0.156. The molecular weight excluding hydrogens is 282 g/mol. The molecule has 2 rings (SSSR count). The van der Waals surface area contributed by atoms with Gasteiger partial charge in [-0.1, -0.05) is 15.9 Å². The standard InChI is InChI=1S/C13H18BrNO2/c1-9-5-11(14)6-10(13(9)16)7-15(2)12-3-4-17-8-12/h5-6,12,16H,3-4,7-8H2,1-2H3. The Balaban J connectivity index is 2.12. The van der Waals surface area contributed by atoms with Crippen molar-refractivity contribution in [3.05, 3.63) is 27.7 Å². The van der Waals surface area contributed by atoms with Crippen molar-refractivity contribution < 1.29 is 9.84 Å². The summed E-state index contributed by atoms with van der Waals surface area (Å²) in [5.74, 6) is 0.402. The van der Waals surface area contributed by atoms with Crippen LogP contribution >= 0.6 is 15.9 Å². The highest BCUT2D eigenvalue weighted by Gasteiger charge is 2.21. The fraction of sp³-hybridized carbons (Fsp3) is 0.538. The van der Waals surface area contributed by atoms with E-state index in [4.69, 9.17) is 4.74 Å². The third kappa shape index (κ3) is 3.00.